The van der Waals surface area contributed by atoms with E-state index < -0.39 is 0 Å². The molecule has 1 unspecified atom stereocenters. The van der Waals surface area contributed by atoms with Gasteiger partial charge in [-0.05, 0) is 30.0 Å². The van der Waals surface area contributed by atoms with Crippen molar-refractivity contribution in [3.8, 4) is 11.5 Å². The van der Waals surface area contributed by atoms with E-state index in [0.717, 1.165) is 6.42 Å². The Labute approximate surface area is 120 Å². The van der Waals surface area contributed by atoms with E-state index in [-0.39, 0.29) is 23.1 Å². The van der Waals surface area contributed by atoms with Crippen LogP contribution in [0, 0.1) is 5.41 Å². The highest BCUT2D eigenvalue weighted by Gasteiger charge is 2.17. The number of nitrogens with two attached hydrogens (primary N) is 1. The summed E-state index contributed by atoms with van der Waals surface area (Å²) in [6.45, 7) is 6.73. The Morgan fingerprint density at radius 3 is 2.60 bits per heavy atom. The molecule has 5 heteroatoms. The minimum Gasteiger partial charge on any atom is -0.504 e. The van der Waals surface area contributed by atoms with Gasteiger partial charge in [-0.15, -0.1) is 0 Å². The van der Waals surface area contributed by atoms with E-state index in [2.05, 4.69) is 26.1 Å². The number of carbonyl (C=O) groups excluding carboxylic acids is 1. The zero-order valence-corrected chi connectivity index (χ0v) is 12.6. The minimum absolute atomic E-state index is 0.0564. The van der Waals surface area contributed by atoms with E-state index in [1.807, 2.05) is 0 Å². The predicted octanol–water partition coefficient (Wildman–Crippen LogP) is 1.89. The van der Waals surface area contributed by atoms with Crippen LogP contribution < -0.4 is 15.8 Å². The molecule has 0 bridgehead atoms. The Morgan fingerprint density at radius 2 is 2.10 bits per heavy atom. The largest absolute Gasteiger partial charge is 0.504 e. The highest BCUT2D eigenvalue weighted by molar-refractivity contribution is 5.94. The Balaban J connectivity index is 2.57. The van der Waals surface area contributed by atoms with E-state index in [1.165, 1.54) is 13.2 Å². The molecule has 112 valence electrons. The highest BCUT2D eigenvalue weighted by Crippen LogP contribution is 2.26. The lowest BCUT2D eigenvalue weighted by Gasteiger charge is -2.23. The van der Waals surface area contributed by atoms with Gasteiger partial charge in [0.15, 0.2) is 11.5 Å². The first-order valence-corrected chi connectivity index (χ1v) is 6.64. The van der Waals surface area contributed by atoms with Gasteiger partial charge >= 0.3 is 0 Å². The summed E-state index contributed by atoms with van der Waals surface area (Å²) in [7, 11) is 1.46. The van der Waals surface area contributed by atoms with E-state index in [9.17, 15) is 9.90 Å². The summed E-state index contributed by atoms with van der Waals surface area (Å²) in [5.74, 6) is 0.0254. The monoisotopic (exact) mass is 280 g/mol. The van der Waals surface area contributed by atoms with E-state index in [0.29, 0.717) is 17.9 Å². The number of rotatable bonds is 5. The second-order valence-corrected chi connectivity index (χ2v) is 6.12. The average Bonchev–Trinajstić information content (AvgIpc) is 2.33. The Bertz CT molecular complexity index is 467. The number of phenolic OH excluding ortho intramolecular Hbond substituents is 1. The third kappa shape index (κ3) is 5.09. The maximum atomic E-state index is 11.9. The van der Waals surface area contributed by atoms with Gasteiger partial charge in [-0.3, -0.25) is 4.79 Å². The number of hydrogen-bond donors (Lipinski definition) is 3. The van der Waals surface area contributed by atoms with Crippen LogP contribution in [0.1, 0.15) is 37.6 Å². The fourth-order valence-corrected chi connectivity index (χ4v) is 2.02. The van der Waals surface area contributed by atoms with Gasteiger partial charge in [-0.2, -0.15) is 0 Å². The molecule has 4 N–H and O–H groups in total. The van der Waals surface area contributed by atoms with E-state index >= 15 is 0 Å². The zero-order valence-electron chi connectivity index (χ0n) is 12.6. The number of nitrogens with one attached hydrogen (secondary N) is 1. The molecule has 1 rings (SSSR count). The number of ether oxygens (including phenoxy) is 1. The molecule has 1 atom stereocenters. The van der Waals surface area contributed by atoms with Gasteiger partial charge < -0.3 is 20.9 Å². The third-order valence-corrected chi connectivity index (χ3v) is 2.84. The number of aromatic hydroxyl groups is 1. The molecule has 1 aromatic rings. The number of hydrogen-bond acceptors (Lipinski definition) is 4. The maximum Gasteiger partial charge on any atom is 0.251 e. The van der Waals surface area contributed by atoms with Gasteiger partial charge in [-0.25, -0.2) is 0 Å². The van der Waals surface area contributed by atoms with Crippen LogP contribution in [-0.2, 0) is 0 Å². The standard InChI is InChI=1S/C15H24N2O3/c1-15(2,3)8-11(16)9-17-14(19)10-5-6-13(20-4)12(18)7-10/h5-7,11,18H,8-9,16H2,1-4H3,(H,17,19). The van der Waals surface area contributed by atoms with Crippen molar-refractivity contribution in [3.63, 3.8) is 0 Å². The quantitative estimate of drug-likeness (QED) is 0.769. The topological polar surface area (TPSA) is 84.6 Å². The molecule has 20 heavy (non-hydrogen) atoms. The summed E-state index contributed by atoms with van der Waals surface area (Å²) < 4.78 is 4.93. The molecular weight excluding hydrogens is 256 g/mol. The number of phenols is 1. The zero-order chi connectivity index (χ0) is 15.3. The van der Waals surface area contributed by atoms with Crippen LogP contribution in [-0.4, -0.2) is 30.7 Å². The van der Waals surface area contributed by atoms with Gasteiger partial charge in [0.05, 0.1) is 7.11 Å². The molecule has 0 aliphatic heterocycles. The maximum absolute atomic E-state index is 11.9. The molecule has 0 saturated heterocycles. The van der Waals surface area contributed by atoms with Crippen molar-refractivity contribution >= 4 is 5.91 Å². The highest BCUT2D eigenvalue weighted by atomic mass is 16.5. The van der Waals surface area contributed by atoms with E-state index in [4.69, 9.17) is 10.5 Å². The second-order valence-electron chi connectivity index (χ2n) is 6.12. The average molecular weight is 280 g/mol. The van der Waals surface area contributed by atoms with Crippen molar-refractivity contribution in [2.75, 3.05) is 13.7 Å². The van der Waals surface area contributed by atoms with E-state index in [1.54, 1.807) is 12.1 Å². The van der Waals surface area contributed by atoms with Crippen LogP contribution in [0.5, 0.6) is 11.5 Å². The normalized spacial score (nSPS) is 12.8. The van der Waals surface area contributed by atoms with Crippen molar-refractivity contribution in [1.82, 2.24) is 5.32 Å². The van der Waals surface area contributed by atoms with Crippen LogP contribution in [0.15, 0.2) is 18.2 Å². The van der Waals surface area contributed by atoms with Crippen LogP contribution >= 0.6 is 0 Å². The number of benzene rings is 1. The van der Waals surface area contributed by atoms with Crippen molar-refractivity contribution in [2.45, 2.75) is 33.2 Å². The Kier molecular flexibility index (Phi) is 5.39. The first-order valence-electron chi connectivity index (χ1n) is 6.64. The summed E-state index contributed by atoms with van der Waals surface area (Å²) in [5.41, 5.74) is 6.49. The van der Waals surface area contributed by atoms with Crippen molar-refractivity contribution in [1.29, 1.82) is 0 Å². The SMILES string of the molecule is COc1ccc(C(=O)NCC(N)CC(C)(C)C)cc1O. The van der Waals surface area contributed by atoms with Crippen LogP contribution in [0.3, 0.4) is 0 Å². The first-order chi connectivity index (χ1) is 9.23. The molecule has 1 aromatic carbocycles. The molecule has 0 aromatic heterocycles. The van der Waals surface area contributed by atoms with Crippen molar-refractivity contribution in [2.24, 2.45) is 11.1 Å². The number of carbonyl (C=O) groups is 1. The Hall–Kier alpha value is -1.75. The van der Waals surface area contributed by atoms with Crippen LogP contribution in [0.25, 0.3) is 0 Å². The lowest BCUT2D eigenvalue weighted by molar-refractivity contribution is 0.0948. The molecule has 0 aliphatic carbocycles. The lowest BCUT2D eigenvalue weighted by atomic mass is 9.88. The lowest BCUT2D eigenvalue weighted by Crippen LogP contribution is -2.39. The van der Waals surface area contributed by atoms with Crippen molar-refractivity contribution < 1.29 is 14.6 Å². The fraction of sp³-hybridized carbons (Fsp3) is 0.533. The third-order valence-electron chi connectivity index (χ3n) is 2.84. The molecule has 0 saturated carbocycles. The Morgan fingerprint density at radius 1 is 1.45 bits per heavy atom. The summed E-state index contributed by atoms with van der Waals surface area (Å²) >= 11 is 0. The van der Waals surface area contributed by atoms with Gasteiger partial charge in [-0.1, -0.05) is 20.8 Å². The summed E-state index contributed by atoms with van der Waals surface area (Å²) in [6, 6.07) is 4.44. The minimum atomic E-state index is -0.257. The number of methoxy groups -OCH3 is 1. The molecule has 0 radical (unpaired) electrons. The molecule has 0 aliphatic rings. The van der Waals surface area contributed by atoms with Crippen LogP contribution in [0.2, 0.25) is 0 Å². The molecule has 0 fully saturated rings. The van der Waals surface area contributed by atoms with Gasteiger partial charge in [0, 0.05) is 18.2 Å². The summed E-state index contributed by atoms with van der Waals surface area (Å²) in [6.07, 6.45) is 0.821. The smallest absolute Gasteiger partial charge is 0.251 e. The van der Waals surface area contributed by atoms with Gasteiger partial charge in [0.1, 0.15) is 0 Å². The van der Waals surface area contributed by atoms with Gasteiger partial charge in [0.2, 0.25) is 0 Å². The summed E-state index contributed by atoms with van der Waals surface area (Å²) in [5, 5.41) is 12.4. The molecular formula is C15H24N2O3. The molecule has 0 heterocycles. The second kappa shape index (κ2) is 6.61. The molecule has 0 spiro atoms. The van der Waals surface area contributed by atoms with Gasteiger partial charge in [0.25, 0.3) is 5.91 Å². The molecule has 1 amide bonds. The summed E-state index contributed by atoms with van der Waals surface area (Å²) in [4.78, 5) is 11.9. The fourth-order valence-electron chi connectivity index (χ4n) is 2.02. The van der Waals surface area contributed by atoms with Crippen molar-refractivity contribution in [3.05, 3.63) is 23.8 Å². The predicted molar refractivity (Wildman–Crippen MR) is 79.0 cm³/mol. The van der Waals surface area contributed by atoms with Crippen LogP contribution in [0.4, 0.5) is 0 Å². The first kappa shape index (κ1) is 16.3. The molecule has 5 nitrogen and oxygen atoms in total. The number of amides is 1.